The van der Waals surface area contributed by atoms with Gasteiger partial charge in [-0.2, -0.15) is 8.42 Å². The number of benzene rings is 4. The van der Waals surface area contributed by atoms with Crippen molar-refractivity contribution in [1.82, 2.24) is 0 Å². The molecule has 0 heterocycles. The molecule has 0 radical (unpaired) electrons. The summed E-state index contributed by atoms with van der Waals surface area (Å²) in [6, 6.07) is 41.1. The molecule has 42 heavy (non-hydrogen) atoms. The molecule has 0 aromatic heterocycles. The van der Waals surface area contributed by atoms with E-state index in [0.717, 1.165) is 12.8 Å². The third-order valence-corrected chi connectivity index (χ3v) is 13.6. The number of unbranched alkanes of at least 4 members (excludes halogenated alkanes) is 9. The molecule has 226 valence electrons. The van der Waals surface area contributed by atoms with E-state index >= 15 is 0 Å². The summed E-state index contributed by atoms with van der Waals surface area (Å²) < 4.78 is 28.8. The monoisotopic (exact) mass is 604 g/mol. The van der Waals surface area contributed by atoms with E-state index in [1.807, 2.05) is 0 Å². The van der Waals surface area contributed by atoms with Crippen LogP contribution >= 0.6 is 7.26 Å². The second-order valence-electron chi connectivity index (χ2n) is 11.0. The SMILES string of the molecule is CCCCCCCCCCCCOS(=O)(=O)c1ccccc1.C[PH](c1ccccc1)(c1ccccc1)c1ccccc1. The Morgan fingerprint density at radius 3 is 1.21 bits per heavy atom. The van der Waals surface area contributed by atoms with Gasteiger partial charge in [0.25, 0.3) is 10.1 Å². The Kier molecular flexibility index (Phi) is 15.0. The Bertz CT molecular complexity index is 1250. The molecule has 0 amide bonds. The molecule has 0 atom stereocenters. The third-order valence-electron chi connectivity index (χ3n) is 7.82. The van der Waals surface area contributed by atoms with E-state index in [4.69, 9.17) is 4.18 Å². The van der Waals surface area contributed by atoms with Crippen molar-refractivity contribution in [1.29, 1.82) is 0 Å². The Morgan fingerprint density at radius 2 is 0.833 bits per heavy atom. The zero-order chi connectivity index (χ0) is 29.9. The summed E-state index contributed by atoms with van der Waals surface area (Å²) >= 11 is 0. The van der Waals surface area contributed by atoms with Gasteiger partial charge in [0.2, 0.25) is 0 Å². The van der Waals surface area contributed by atoms with E-state index in [-0.39, 0.29) is 11.5 Å². The van der Waals surface area contributed by atoms with Crippen LogP contribution in [-0.2, 0) is 14.3 Å². The average molecular weight is 605 g/mol. The summed E-state index contributed by atoms with van der Waals surface area (Å²) in [5.74, 6) is 0. The molecular weight excluding hydrogens is 555 g/mol. The summed E-state index contributed by atoms with van der Waals surface area (Å²) in [7, 11) is -5.45. The van der Waals surface area contributed by atoms with Gasteiger partial charge in [0, 0.05) is 0 Å². The molecular formula is C37H49O3PS. The first kappa shape index (κ1) is 33.7. The molecule has 5 heteroatoms. The van der Waals surface area contributed by atoms with E-state index in [1.54, 1.807) is 30.3 Å². The van der Waals surface area contributed by atoms with Crippen molar-refractivity contribution >= 4 is 33.3 Å². The molecule has 4 rings (SSSR count). The molecule has 3 nitrogen and oxygen atoms in total. The van der Waals surface area contributed by atoms with Gasteiger partial charge in [-0.1, -0.05) is 82.9 Å². The first-order chi connectivity index (χ1) is 20.5. The van der Waals surface area contributed by atoms with Crippen molar-refractivity contribution in [3.05, 3.63) is 121 Å². The number of hydrogen-bond donors (Lipinski definition) is 0. The Balaban J connectivity index is 0.000000231. The van der Waals surface area contributed by atoms with Gasteiger partial charge < -0.3 is 0 Å². The van der Waals surface area contributed by atoms with Gasteiger partial charge in [-0.15, -0.1) is 0 Å². The standard InChI is InChI=1S/C19H19P.C18H30O3S/c1-20(17-11-5-2-6-12-17,18-13-7-3-8-14-18)19-15-9-4-10-16-19;1-2-3-4-5-6-7-8-9-10-14-17-21-22(19,20)18-15-12-11-13-16-18/h2-16,20H,1H3;11-13,15-16H,2-10,14,17H2,1H3. The molecule has 0 spiro atoms. The molecule has 0 aliphatic heterocycles. The number of hydrogen-bond acceptors (Lipinski definition) is 3. The van der Waals surface area contributed by atoms with Crippen molar-refractivity contribution in [3.8, 4) is 0 Å². The van der Waals surface area contributed by atoms with Gasteiger partial charge in [0.15, 0.2) is 0 Å². The molecule has 0 saturated carbocycles. The molecule has 4 aromatic rings. The van der Waals surface area contributed by atoms with Gasteiger partial charge >= 0.3 is 121 Å². The van der Waals surface area contributed by atoms with E-state index in [1.165, 1.54) is 67.3 Å². The van der Waals surface area contributed by atoms with Gasteiger partial charge in [0.05, 0.1) is 11.5 Å². The van der Waals surface area contributed by atoms with Gasteiger partial charge in [-0.05, 0) is 18.6 Å². The Hall–Kier alpha value is -2.78. The quantitative estimate of drug-likeness (QED) is 0.0730. The fraction of sp³-hybridized carbons (Fsp3) is 0.351. The van der Waals surface area contributed by atoms with E-state index in [2.05, 4.69) is 105 Å². The first-order valence-electron chi connectivity index (χ1n) is 15.6. The average Bonchev–Trinajstić information content (AvgIpc) is 3.05. The van der Waals surface area contributed by atoms with E-state index < -0.39 is 17.4 Å². The first-order valence-corrected chi connectivity index (χ1v) is 19.5. The van der Waals surface area contributed by atoms with Crippen molar-refractivity contribution in [2.45, 2.75) is 76.0 Å². The molecule has 4 aromatic carbocycles. The van der Waals surface area contributed by atoms with Crippen LogP contribution < -0.4 is 15.9 Å². The van der Waals surface area contributed by atoms with Crippen LogP contribution in [0.2, 0.25) is 0 Å². The van der Waals surface area contributed by atoms with Crippen LogP contribution in [0.25, 0.3) is 0 Å². The zero-order valence-electron chi connectivity index (χ0n) is 25.5. The normalized spacial score (nSPS) is 11.9. The summed E-state index contributed by atoms with van der Waals surface area (Å²) in [5.41, 5.74) is 0. The Labute approximate surface area is 255 Å². The second kappa shape index (κ2) is 18.7. The summed E-state index contributed by atoms with van der Waals surface area (Å²) in [6.07, 6.45) is 12.3. The summed E-state index contributed by atoms with van der Waals surface area (Å²) in [6.45, 7) is 4.96. The minimum atomic E-state index is -3.57. The molecule has 0 saturated heterocycles. The fourth-order valence-electron chi connectivity index (χ4n) is 5.23. The van der Waals surface area contributed by atoms with Crippen molar-refractivity contribution < 1.29 is 12.6 Å². The Morgan fingerprint density at radius 1 is 0.500 bits per heavy atom. The van der Waals surface area contributed by atoms with Crippen LogP contribution in [0.15, 0.2) is 126 Å². The third kappa shape index (κ3) is 10.8. The second-order valence-corrected chi connectivity index (χ2v) is 16.6. The van der Waals surface area contributed by atoms with E-state index in [0.29, 0.717) is 0 Å². The molecule has 0 unspecified atom stereocenters. The van der Waals surface area contributed by atoms with Crippen LogP contribution in [0.4, 0.5) is 0 Å². The predicted molar refractivity (Wildman–Crippen MR) is 184 cm³/mol. The van der Waals surface area contributed by atoms with Crippen LogP contribution in [0, 0.1) is 0 Å². The molecule has 0 aliphatic rings. The van der Waals surface area contributed by atoms with Crippen molar-refractivity contribution in [2.24, 2.45) is 0 Å². The summed E-state index contributed by atoms with van der Waals surface area (Å²) in [5, 5.41) is 4.37. The summed E-state index contributed by atoms with van der Waals surface area (Å²) in [4.78, 5) is 0.238. The van der Waals surface area contributed by atoms with Crippen molar-refractivity contribution in [2.75, 3.05) is 13.3 Å². The van der Waals surface area contributed by atoms with Crippen LogP contribution in [0.3, 0.4) is 0 Å². The van der Waals surface area contributed by atoms with Crippen LogP contribution in [0.1, 0.15) is 71.1 Å². The molecule has 0 fully saturated rings. The van der Waals surface area contributed by atoms with Gasteiger partial charge in [-0.25, -0.2) is 0 Å². The van der Waals surface area contributed by atoms with Crippen LogP contribution in [0.5, 0.6) is 0 Å². The maximum atomic E-state index is 11.9. The van der Waals surface area contributed by atoms with Crippen LogP contribution in [-0.4, -0.2) is 21.7 Å². The minimum absolute atomic E-state index is 0.238. The topological polar surface area (TPSA) is 43.4 Å². The molecule has 0 N–H and O–H groups in total. The maximum absolute atomic E-state index is 11.9. The number of rotatable bonds is 16. The predicted octanol–water partition coefficient (Wildman–Crippen LogP) is 8.66. The zero-order valence-corrected chi connectivity index (χ0v) is 27.3. The van der Waals surface area contributed by atoms with E-state index in [9.17, 15) is 8.42 Å². The molecule has 0 bridgehead atoms. The van der Waals surface area contributed by atoms with Gasteiger partial charge in [-0.3, -0.25) is 4.18 Å². The fourth-order valence-corrected chi connectivity index (χ4v) is 9.77. The van der Waals surface area contributed by atoms with Gasteiger partial charge in [0.1, 0.15) is 0 Å². The van der Waals surface area contributed by atoms with Crippen molar-refractivity contribution in [3.63, 3.8) is 0 Å². The molecule has 0 aliphatic carbocycles.